The monoisotopic (exact) mass is 280 g/mol. The van der Waals surface area contributed by atoms with Crippen LogP contribution in [0.25, 0.3) is 5.57 Å². The average molecular weight is 281 g/mol. The quantitative estimate of drug-likeness (QED) is 0.915. The number of rotatable bonds is 3. The molecule has 1 fully saturated rings. The van der Waals surface area contributed by atoms with E-state index >= 15 is 0 Å². The number of hydrogen-bond acceptors (Lipinski definition) is 2. The van der Waals surface area contributed by atoms with Crippen LogP contribution in [-0.4, -0.2) is 37.6 Å². The van der Waals surface area contributed by atoms with E-state index in [1.165, 1.54) is 11.1 Å². The lowest BCUT2D eigenvalue weighted by Crippen LogP contribution is -2.43. The summed E-state index contributed by atoms with van der Waals surface area (Å²) in [5.74, 6) is 0. The van der Waals surface area contributed by atoms with E-state index < -0.39 is 0 Å². The van der Waals surface area contributed by atoms with Crippen LogP contribution in [0.1, 0.15) is 5.56 Å². The van der Waals surface area contributed by atoms with Gasteiger partial charge in [-0.2, -0.15) is 0 Å². The van der Waals surface area contributed by atoms with Crippen molar-refractivity contribution < 1.29 is 0 Å². The van der Waals surface area contributed by atoms with Gasteiger partial charge in [0.05, 0.1) is 0 Å². The Balaban J connectivity index is 1.97. The maximum atomic E-state index is 4.18. The summed E-state index contributed by atoms with van der Waals surface area (Å²) in [5, 5.41) is 3.36. The average Bonchev–Trinajstić information content (AvgIpc) is 2.30. The highest BCUT2D eigenvalue weighted by Gasteiger charge is 2.11. The number of nitrogens with zero attached hydrogens (tertiary/aromatic N) is 1. The molecule has 1 aromatic carbocycles. The summed E-state index contributed by atoms with van der Waals surface area (Å²) >= 11 is 3.49. The minimum atomic E-state index is 0.970. The molecule has 2 nitrogen and oxygen atoms in total. The molecule has 3 heteroatoms. The zero-order chi connectivity index (χ0) is 11.4. The number of piperazine rings is 1. The largest absolute Gasteiger partial charge is 0.314 e. The SMILES string of the molecule is C=C(CN1CCNCC1)c1cccc(Br)c1. The zero-order valence-corrected chi connectivity index (χ0v) is 11.0. The van der Waals surface area contributed by atoms with E-state index in [0.29, 0.717) is 0 Å². The molecule has 1 heterocycles. The molecule has 0 spiro atoms. The fourth-order valence-electron chi connectivity index (χ4n) is 1.94. The molecule has 0 amide bonds. The van der Waals surface area contributed by atoms with Gasteiger partial charge in [0.1, 0.15) is 0 Å². The van der Waals surface area contributed by atoms with Gasteiger partial charge in [0.15, 0.2) is 0 Å². The second-order valence-electron chi connectivity index (χ2n) is 4.14. The lowest BCUT2D eigenvalue weighted by Gasteiger charge is -2.27. The first-order valence-corrected chi connectivity index (χ1v) is 6.42. The molecule has 0 radical (unpaired) electrons. The van der Waals surface area contributed by atoms with Crippen LogP contribution in [0.4, 0.5) is 0 Å². The van der Waals surface area contributed by atoms with Crippen LogP contribution in [0.5, 0.6) is 0 Å². The predicted octanol–water partition coefficient (Wildman–Crippen LogP) is 2.37. The Bertz CT molecular complexity index is 370. The third-order valence-electron chi connectivity index (χ3n) is 2.86. The molecule has 1 saturated heterocycles. The maximum Gasteiger partial charge on any atom is 0.0234 e. The molecule has 16 heavy (non-hydrogen) atoms. The predicted molar refractivity (Wildman–Crippen MR) is 72.5 cm³/mol. The zero-order valence-electron chi connectivity index (χ0n) is 9.38. The highest BCUT2D eigenvalue weighted by molar-refractivity contribution is 9.10. The van der Waals surface area contributed by atoms with E-state index in [1.54, 1.807) is 0 Å². The first-order chi connectivity index (χ1) is 7.75. The molecule has 1 aromatic rings. The smallest absolute Gasteiger partial charge is 0.0234 e. The normalized spacial score (nSPS) is 17.3. The molecule has 0 bridgehead atoms. The van der Waals surface area contributed by atoms with Gasteiger partial charge in [-0.05, 0) is 23.3 Å². The summed E-state index contributed by atoms with van der Waals surface area (Å²) in [4.78, 5) is 2.44. The molecule has 1 N–H and O–H groups in total. The number of hydrogen-bond donors (Lipinski definition) is 1. The van der Waals surface area contributed by atoms with Gasteiger partial charge in [0.2, 0.25) is 0 Å². The fraction of sp³-hybridized carbons (Fsp3) is 0.385. The third-order valence-corrected chi connectivity index (χ3v) is 3.35. The highest BCUT2D eigenvalue weighted by atomic mass is 79.9. The molecular weight excluding hydrogens is 264 g/mol. The van der Waals surface area contributed by atoms with E-state index in [4.69, 9.17) is 0 Å². The fourth-order valence-corrected chi connectivity index (χ4v) is 2.34. The highest BCUT2D eigenvalue weighted by Crippen LogP contribution is 2.18. The van der Waals surface area contributed by atoms with Gasteiger partial charge in [0, 0.05) is 37.2 Å². The summed E-state index contributed by atoms with van der Waals surface area (Å²) in [7, 11) is 0. The van der Waals surface area contributed by atoms with E-state index in [1.807, 2.05) is 6.07 Å². The molecule has 2 rings (SSSR count). The molecule has 1 aliphatic rings. The summed E-state index contributed by atoms with van der Waals surface area (Å²) in [6, 6.07) is 8.35. The Morgan fingerprint density at radius 3 is 2.81 bits per heavy atom. The first kappa shape index (κ1) is 11.8. The Morgan fingerprint density at radius 1 is 1.38 bits per heavy atom. The summed E-state index contributed by atoms with van der Waals surface area (Å²) in [6.07, 6.45) is 0. The van der Waals surface area contributed by atoms with E-state index in [2.05, 4.69) is 50.9 Å². The second kappa shape index (κ2) is 5.62. The van der Waals surface area contributed by atoms with Crippen LogP contribution in [0.2, 0.25) is 0 Å². The van der Waals surface area contributed by atoms with Gasteiger partial charge in [-0.25, -0.2) is 0 Å². The summed E-state index contributed by atoms with van der Waals surface area (Å²) < 4.78 is 1.12. The standard InChI is InChI=1S/C13H17BrN2/c1-11(10-16-7-5-15-6-8-16)12-3-2-4-13(14)9-12/h2-4,9,15H,1,5-8,10H2. The van der Waals surface area contributed by atoms with E-state index in [-0.39, 0.29) is 0 Å². The third kappa shape index (κ3) is 3.17. The van der Waals surface area contributed by atoms with Gasteiger partial charge >= 0.3 is 0 Å². The van der Waals surface area contributed by atoms with Crippen LogP contribution < -0.4 is 5.32 Å². The minimum Gasteiger partial charge on any atom is -0.314 e. The van der Waals surface area contributed by atoms with Crippen molar-refractivity contribution in [2.75, 3.05) is 32.7 Å². The van der Waals surface area contributed by atoms with Crippen molar-refractivity contribution in [1.29, 1.82) is 0 Å². The topological polar surface area (TPSA) is 15.3 Å². The van der Waals surface area contributed by atoms with Crippen molar-refractivity contribution >= 4 is 21.5 Å². The molecule has 0 aliphatic carbocycles. The summed E-state index contributed by atoms with van der Waals surface area (Å²) in [6.45, 7) is 9.56. The minimum absolute atomic E-state index is 0.970. The van der Waals surface area contributed by atoms with E-state index in [9.17, 15) is 0 Å². The van der Waals surface area contributed by atoms with Gasteiger partial charge in [0.25, 0.3) is 0 Å². The molecule has 86 valence electrons. The molecule has 0 unspecified atom stereocenters. The summed E-state index contributed by atoms with van der Waals surface area (Å²) in [5.41, 5.74) is 2.43. The van der Waals surface area contributed by atoms with E-state index in [0.717, 1.165) is 37.2 Å². The maximum absolute atomic E-state index is 4.18. The first-order valence-electron chi connectivity index (χ1n) is 5.62. The van der Waals surface area contributed by atoms with Crippen LogP contribution >= 0.6 is 15.9 Å². The van der Waals surface area contributed by atoms with Gasteiger partial charge in [-0.15, -0.1) is 0 Å². The number of benzene rings is 1. The van der Waals surface area contributed by atoms with Gasteiger partial charge in [-0.1, -0.05) is 34.6 Å². The Morgan fingerprint density at radius 2 is 2.12 bits per heavy atom. The molecule has 0 aromatic heterocycles. The van der Waals surface area contributed by atoms with Gasteiger partial charge in [-0.3, -0.25) is 4.90 Å². The second-order valence-corrected chi connectivity index (χ2v) is 5.06. The number of nitrogens with one attached hydrogen (secondary N) is 1. The van der Waals surface area contributed by atoms with Gasteiger partial charge < -0.3 is 5.32 Å². The van der Waals surface area contributed by atoms with Crippen molar-refractivity contribution in [3.63, 3.8) is 0 Å². The molecular formula is C13H17BrN2. The Hall–Kier alpha value is -0.640. The molecule has 1 aliphatic heterocycles. The van der Waals surface area contributed by atoms with Crippen molar-refractivity contribution in [2.24, 2.45) is 0 Å². The number of halogens is 1. The van der Waals surface area contributed by atoms with Crippen LogP contribution in [0.3, 0.4) is 0 Å². The Labute approximate surface area is 105 Å². The lowest BCUT2D eigenvalue weighted by molar-refractivity contribution is 0.268. The lowest BCUT2D eigenvalue weighted by atomic mass is 10.1. The van der Waals surface area contributed by atoms with Crippen LogP contribution in [-0.2, 0) is 0 Å². The van der Waals surface area contributed by atoms with Crippen molar-refractivity contribution in [3.8, 4) is 0 Å². The van der Waals surface area contributed by atoms with Crippen LogP contribution in [0, 0.1) is 0 Å². The van der Waals surface area contributed by atoms with Crippen molar-refractivity contribution in [3.05, 3.63) is 40.9 Å². The molecule has 0 saturated carbocycles. The van der Waals surface area contributed by atoms with Crippen molar-refractivity contribution in [1.82, 2.24) is 10.2 Å². The van der Waals surface area contributed by atoms with Crippen LogP contribution in [0.15, 0.2) is 35.3 Å². The Kier molecular flexibility index (Phi) is 4.16. The molecule has 0 atom stereocenters. The van der Waals surface area contributed by atoms with Crippen molar-refractivity contribution in [2.45, 2.75) is 0 Å².